The molecule has 0 unspecified atom stereocenters. The van der Waals surface area contributed by atoms with Gasteiger partial charge in [-0.2, -0.15) is 0 Å². The van der Waals surface area contributed by atoms with Gasteiger partial charge in [0, 0.05) is 17.8 Å². The Hall–Kier alpha value is -4.58. The lowest BCUT2D eigenvalue weighted by Gasteiger charge is -2.13. The first-order valence-electron chi connectivity index (χ1n) is 12.9. The third kappa shape index (κ3) is 8.82. The summed E-state index contributed by atoms with van der Waals surface area (Å²) >= 11 is 0. The third-order valence-corrected chi connectivity index (χ3v) is 5.98. The molecule has 0 radical (unpaired) electrons. The van der Waals surface area contributed by atoms with E-state index < -0.39 is 0 Å². The quantitative estimate of drug-likeness (QED) is 0.185. The van der Waals surface area contributed by atoms with E-state index in [0.29, 0.717) is 30.9 Å². The molecule has 2 amide bonds. The molecule has 0 saturated heterocycles. The minimum absolute atomic E-state index is 0.0325. The van der Waals surface area contributed by atoms with Gasteiger partial charge in [0.1, 0.15) is 5.75 Å². The molecule has 4 aromatic rings. The van der Waals surface area contributed by atoms with E-state index in [-0.39, 0.29) is 18.4 Å². The highest BCUT2D eigenvalue weighted by molar-refractivity contribution is 5.95. The van der Waals surface area contributed by atoms with Crippen LogP contribution in [0.5, 0.6) is 5.75 Å². The Labute approximate surface area is 224 Å². The molecule has 38 heavy (non-hydrogen) atoms. The summed E-state index contributed by atoms with van der Waals surface area (Å²) in [6.07, 6.45) is 2.94. The van der Waals surface area contributed by atoms with E-state index in [1.54, 1.807) is 0 Å². The Kier molecular flexibility index (Phi) is 9.92. The monoisotopic (exact) mass is 507 g/mol. The lowest BCUT2D eigenvalue weighted by molar-refractivity contribution is -0.116. The molecule has 0 spiro atoms. The number of ether oxygens (including phenoxy) is 1. The van der Waals surface area contributed by atoms with Crippen LogP contribution in [0.2, 0.25) is 0 Å². The van der Waals surface area contributed by atoms with Crippen LogP contribution in [0.15, 0.2) is 109 Å². The maximum Gasteiger partial charge on any atom is 0.243 e. The number of hydrogen-bond acceptors (Lipinski definition) is 4. The van der Waals surface area contributed by atoms with Crippen molar-refractivity contribution in [2.75, 3.05) is 29.1 Å². The van der Waals surface area contributed by atoms with Crippen LogP contribution in [0.25, 0.3) is 0 Å². The molecule has 194 valence electrons. The van der Waals surface area contributed by atoms with Gasteiger partial charge in [0.2, 0.25) is 11.8 Å². The Bertz CT molecular complexity index is 1290. The van der Waals surface area contributed by atoms with Gasteiger partial charge in [-0.25, -0.2) is 0 Å². The summed E-state index contributed by atoms with van der Waals surface area (Å²) in [7, 11) is 0. The summed E-state index contributed by atoms with van der Waals surface area (Å²) in [5.74, 6) is 0.444. The molecule has 0 aliphatic rings. The van der Waals surface area contributed by atoms with Crippen molar-refractivity contribution >= 4 is 28.9 Å². The van der Waals surface area contributed by atoms with E-state index in [1.165, 1.54) is 5.56 Å². The van der Waals surface area contributed by atoms with E-state index in [9.17, 15) is 9.59 Å². The number of anilines is 3. The fourth-order valence-corrected chi connectivity index (χ4v) is 3.97. The molecule has 0 fully saturated rings. The van der Waals surface area contributed by atoms with Crippen molar-refractivity contribution in [3.63, 3.8) is 0 Å². The van der Waals surface area contributed by atoms with Crippen LogP contribution in [0.4, 0.5) is 17.1 Å². The molecule has 0 atom stereocenters. The predicted octanol–water partition coefficient (Wildman–Crippen LogP) is 6.32. The summed E-state index contributed by atoms with van der Waals surface area (Å²) in [6.45, 7) is 0.667. The van der Waals surface area contributed by atoms with Gasteiger partial charge in [-0.1, -0.05) is 72.8 Å². The molecular formula is C32H33N3O3. The largest absolute Gasteiger partial charge is 0.491 e. The van der Waals surface area contributed by atoms with Crippen molar-refractivity contribution in [3.8, 4) is 5.75 Å². The van der Waals surface area contributed by atoms with Crippen LogP contribution in [0.1, 0.15) is 24.0 Å². The molecule has 3 N–H and O–H groups in total. The van der Waals surface area contributed by atoms with Crippen molar-refractivity contribution in [1.82, 2.24) is 0 Å². The average Bonchev–Trinajstić information content (AvgIpc) is 2.96. The molecule has 6 heteroatoms. The maximum absolute atomic E-state index is 12.6. The van der Waals surface area contributed by atoms with E-state index in [2.05, 4.69) is 28.1 Å². The second-order valence-electron chi connectivity index (χ2n) is 8.95. The fourth-order valence-electron chi connectivity index (χ4n) is 3.97. The summed E-state index contributed by atoms with van der Waals surface area (Å²) in [5.41, 5.74) is 4.57. The van der Waals surface area contributed by atoms with Crippen molar-refractivity contribution in [2.24, 2.45) is 0 Å². The highest BCUT2D eigenvalue weighted by Gasteiger charge is 2.08. The topological polar surface area (TPSA) is 79.5 Å². The number of aryl methyl sites for hydroxylation is 2. The predicted molar refractivity (Wildman–Crippen MR) is 154 cm³/mol. The van der Waals surface area contributed by atoms with Crippen molar-refractivity contribution in [3.05, 3.63) is 120 Å². The Morgan fingerprint density at radius 3 is 1.92 bits per heavy atom. The second-order valence-corrected chi connectivity index (χ2v) is 8.95. The zero-order valence-electron chi connectivity index (χ0n) is 21.4. The van der Waals surface area contributed by atoms with Gasteiger partial charge in [-0.05, 0) is 66.8 Å². The Balaban J connectivity index is 1.18. The number of para-hydroxylation sites is 2. The number of benzene rings is 4. The van der Waals surface area contributed by atoms with Crippen LogP contribution in [0, 0.1) is 0 Å². The highest BCUT2D eigenvalue weighted by Crippen LogP contribution is 2.24. The number of carbonyl (C=O) groups excluding carboxylic acids is 2. The normalized spacial score (nSPS) is 10.4. The lowest BCUT2D eigenvalue weighted by Crippen LogP contribution is -2.22. The minimum Gasteiger partial charge on any atom is -0.491 e. The number of hydrogen-bond donors (Lipinski definition) is 3. The Morgan fingerprint density at radius 1 is 0.605 bits per heavy atom. The standard InChI is InChI=1S/C32H33N3O3/c36-31(22-17-26-12-5-2-6-13-26)34-28-20-18-27(19-21-28)33-24-32(37)35-29-15-7-8-16-30(29)38-23-9-14-25-10-3-1-4-11-25/h1-8,10-13,15-16,18-21,33H,9,14,17,22-24H2,(H,34,36)(H,35,37). The molecule has 0 saturated carbocycles. The van der Waals surface area contributed by atoms with Crippen LogP contribution in [0.3, 0.4) is 0 Å². The molecule has 6 nitrogen and oxygen atoms in total. The molecule has 0 aromatic heterocycles. The van der Waals surface area contributed by atoms with Gasteiger partial charge in [0.05, 0.1) is 18.8 Å². The summed E-state index contributed by atoms with van der Waals surface area (Å²) < 4.78 is 5.94. The summed E-state index contributed by atoms with van der Waals surface area (Å²) in [4.78, 5) is 24.8. The second kappa shape index (κ2) is 14.2. The molecule has 0 heterocycles. The fraction of sp³-hybridized carbons (Fsp3) is 0.188. The number of carbonyl (C=O) groups is 2. The van der Waals surface area contributed by atoms with E-state index in [0.717, 1.165) is 29.8 Å². The number of rotatable bonds is 13. The van der Waals surface area contributed by atoms with Crippen LogP contribution in [-0.4, -0.2) is 25.0 Å². The molecule has 0 bridgehead atoms. The number of amides is 2. The molecule has 4 rings (SSSR count). The van der Waals surface area contributed by atoms with E-state index in [4.69, 9.17) is 4.74 Å². The first-order valence-corrected chi connectivity index (χ1v) is 12.9. The van der Waals surface area contributed by atoms with Gasteiger partial charge in [-0.3, -0.25) is 9.59 Å². The minimum atomic E-state index is -0.177. The van der Waals surface area contributed by atoms with Gasteiger partial charge < -0.3 is 20.7 Å². The molecular weight excluding hydrogens is 474 g/mol. The van der Waals surface area contributed by atoms with Crippen LogP contribution < -0.4 is 20.7 Å². The zero-order valence-corrected chi connectivity index (χ0v) is 21.4. The van der Waals surface area contributed by atoms with Gasteiger partial charge in [0.15, 0.2) is 0 Å². The van der Waals surface area contributed by atoms with Crippen molar-refractivity contribution in [1.29, 1.82) is 0 Å². The molecule has 4 aromatic carbocycles. The van der Waals surface area contributed by atoms with E-state index >= 15 is 0 Å². The van der Waals surface area contributed by atoms with Gasteiger partial charge in [-0.15, -0.1) is 0 Å². The highest BCUT2D eigenvalue weighted by atomic mass is 16.5. The first kappa shape index (κ1) is 26.5. The smallest absolute Gasteiger partial charge is 0.243 e. The molecule has 0 aliphatic heterocycles. The van der Waals surface area contributed by atoms with Crippen molar-refractivity contribution < 1.29 is 14.3 Å². The van der Waals surface area contributed by atoms with Gasteiger partial charge in [0.25, 0.3) is 0 Å². The average molecular weight is 508 g/mol. The molecule has 0 aliphatic carbocycles. The van der Waals surface area contributed by atoms with Crippen LogP contribution in [-0.2, 0) is 22.4 Å². The first-order chi connectivity index (χ1) is 18.7. The maximum atomic E-state index is 12.6. The lowest BCUT2D eigenvalue weighted by atomic mass is 10.1. The zero-order chi connectivity index (χ0) is 26.4. The Morgan fingerprint density at radius 2 is 1.21 bits per heavy atom. The number of nitrogens with one attached hydrogen (secondary N) is 3. The SMILES string of the molecule is O=C(CCc1ccccc1)Nc1ccc(NCC(=O)Nc2ccccc2OCCCc2ccccc2)cc1. The van der Waals surface area contributed by atoms with Crippen molar-refractivity contribution in [2.45, 2.75) is 25.7 Å². The van der Waals surface area contributed by atoms with Gasteiger partial charge >= 0.3 is 0 Å². The summed E-state index contributed by atoms with van der Waals surface area (Å²) in [5, 5.41) is 8.95. The van der Waals surface area contributed by atoms with Crippen LogP contribution >= 0.6 is 0 Å². The summed E-state index contributed by atoms with van der Waals surface area (Å²) in [6, 6.07) is 35.0. The third-order valence-electron chi connectivity index (χ3n) is 5.98. The van der Waals surface area contributed by atoms with E-state index in [1.807, 2.05) is 97.1 Å².